The minimum absolute atomic E-state index is 0.529. The number of nitrogens with zero attached hydrogens (tertiary/aromatic N) is 2. The van der Waals surface area contributed by atoms with Crippen molar-refractivity contribution < 1.29 is 0 Å². The molecule has 0 aliphatic carbocycles. The maximum atomic E-state index is 4.68. The molecule has 0 atom stereocenters. The van der Waals surface area contributed by atoms with Crippen LogP contribution in [0.2, 0.25) is 0 Å². The summed E-state index contributed by atoms with van der Waals surface area (Å²) in [5.41, 5.74) is 2.79. The first-order valence-corrected chi connectivity index (χ1v) is 10.4. The van der Waals surface area contributed by atoms with Crippen molar-refractivity contribution in [1.82, 2.24) is 4.90 Å². The summed E-state index contributed by atoms with van der Waals surface area (Å²) in [5.74, 6) is 0.529. The lowest BCUT2D eigenvalue weighted by Crippen LogP contribution is -2.20. The van der Waals surface area contributed by atoms with Crippen LogP contribution in [0.1, 0.15) is 19.4 Å². The Hall–Kier alpha value is -0.910. The molecule has 0 fully saturated rings. The van der Waals surface area contributed by atoms with E-state index in [1.54, 1.807) is 0 Å². The minimum atomic E-state index is 0.529. The van der Waals surface area contributed by atoms with E-state index in [0.717, 1.165) is 13.1 Å². The lowest BCUT2D eigenvalue weighted by molar-refractivity contribution is 0.641. The zero-order valence-electron chi connectivity index (χ0n) is 12.9. The van der Waals surface area contributed by atoms with Crippen LogP contribution in [-0.2, 0) is 0 Å². The molecule has 0 radical (unpaired) electrons. The summed E-state index contributed by atoms with van der Waals surface area (Å²) in [6.45, 7) is 6.52. The number of amidine groups is 1. The molecule has 1 aromatic heterocycles. The maximum Gasteiger partial charge on any atom is 0.168 e. The highest BCUT2D eigenvalue weighted by molar-refractivity contribution is 8.17. The van der Waals surface area contributed by atoms with Crippen LogP contribution in [-0.4, -0.2) is 29.4 Å². The molecule has 2 nitrogen and oxygen atoms in total. The number of hydrogen-bond acceptors (Lipinski definition) is 5. The van der Waals surface area contributed by atoms with E-state index in [1.165, 1.54) is 36.3 Å². The van der Waals surface area contributed by atoms with Crippen molar-refractivity contribution in [2.45, 2.75) is 18.7 Å². The second kappa shape index (κ2) is 5.62. The third-order valence-corrected chi connectivity index (χ3v) is 7.13. The number of thiophene rings is 1. The zero-order valence-corrected chi connectivity index (χ0v) is 15.4. The van der Waals surface area contributed by atoms with Gasteiger partial charge in [-0.3, -0.25) is 4.99 Å². The van der Waals surface area contributed by atoms with Crippen molar-refractivity contribution in [3.8, 4) is 0 Å². The molecule has 3 heterocycles. The first-order valence-electron chi connectivity index (χ1n) is 7.48. The fourth-order valence-electron chi connectivity index (χ4n) is 3.02. The van der Waals surface area contributed by atoms with Gasteiger partial charge in [0.25, 0.3) is 0 Å². The van der Waals surface area contributed by atoms with Crippen LogP contribution < -0.4 is 0 Å². The van der Waals surface area contributed by atoms with Gasteiger partial charge in [-0.25, -0.2) is 0 Å². The van der Waals surface area contributed by atoms with Gasteiger partial charge in [-0.05, 0) is 41.1 Å². The van der Waals surface area contributed by atoms with Crippen LogP contribution in [0.4, 0.5) is 0 Å². The van der Waals surface area contributed by atoms with Gasteiger partial charge in [0.2, 0.25) is 0 Å². The smallest absolute Gasteiger partial charge is 0.168 e. The monoisotopic (exact) mass is 346 g/mol. The first kappa shape index (κ1) is 14.7. The third-order valence-electron chi connectivity index (χ3n) is 4.05. The number of fused-ring (bicyclic) bond motifs is 2. The number of aliphatic imine (C=N–C) groups is 1. The summed E-state index contributed by atoms with van der Waals surface area (Å²) in [5, 5.41) is 4.75. The number of benzene rings is 1. The number of hydrogen-bond donors (Lipinski definition) is 0. The molecule has 0 spiro atoms. The highest BCUT2D eigenvalue weighted by atomic mass is 32.2. The lowest BCUT2D eigenvalue weighted by atomic mass is 10.0. The highest BCUT2D eigenvalue weighted by Gasteiger charge is 2.35. The molecule has 22 heavy (non-hydrogen) atoms. The van der Waals surface area contributed by atoms with Gasteiger partial charge in [0.15, 0.2) is 5.17 Å². The van der Waals surface area contributed by atoms with Crippen molar-refractivity contribution in [2.75, 3.05) is 19.3 Å². The quantitative estimate of drug-likeness (QED) is 0.695. The van der Waals surface area contributed by atoms with Crippen molar-refractivity contribution in [1.29, 1.82) is 0 Å². The highest BCUT2D eigenvalue weighted by Crippen LogP contribution is 2.47. The van der Waals surface area contributed by atoms with Crippen molar-refractivity contribution in [3.63, 3.8) is 0 Å². The largest absolute Gasteiger partial charge is 0.318 e. The molecule has 0 bridgehead atoms. The normalized spacial score (nSPS) is 17.8. The van der Waals surface area contributed by atoms with E-state index in [1.807, 2.05) is 34.9 Å². The Bertz CT molecular complexity index is 801. The topological polar surface area (TPSA) is 15.6 Å². The summed E-state index contributed by atoms with van der Waals surface area (Å²) in [7, 11) is 0. The molecule has 2 aliphatic rings. The molecule has 1 aromatic carbocycles. The summed E-state index contributed by atoms with van der Waals surface area (Å²) in [6, 6.07) is 6.90. The molecule has 2 aromatic rings. The Balaban J connectivity index is 1.97. The van der Waals surface area contributed by atoms with Crippen LogP contribution in [0.15, 0.2) is 38.4 Å². The molecule has 5 heteroatoms. The first-order chi connectivity index (χ1) is 10.7. The molecular weight excluding hydrogens is 328 g/mol. The van der Waals surface area contributed by atoms with Gasteiger partial charge < -0.3 is 4.90 Å². The van der Waals surface area contributed by atoms with Crippen molar-refractivity contribution in [3.05, 3.63) is 34.0 Å². The van der Waals surface area contributed by atoms with E-state index in [9.17, 15) is 0 Å². The van der Waals surface area contributed by atoms with Gasteiger partial charge in [-0.15, -0.1) is 23.1 Å². The van der Waals surface area contributed by atoms with E-state index in [0.29, 0.717) is 5.92 Å². The van der Waals surface area contributed by atoms with E-state index in [4.69, 9.17) is 0 Å². The zero-order chi connectivity index (χ0) is 15.3. The SMILES string of the molecule is CSc1cc(C2=C(C(C)C)SC3=NCCN32)c2sccc2c1. The fourth-order valence-corrected chi connectivity index (χ4v) is 5.59. The van der Waals surface area contributed by atoms with Gasteiger partial charge in [0.1, 0.15) is 0 Å². The van der Waals surface area contributed by atoms with E-state index in [-0.39, 0.29) is 0 Å². The van der Waals surface area contributed by atoms with Crippen molar-refractivity contribution in [2.24, 2.45) is 10.9 Å². The van der Waals surface area contributed by atoms with Crippen LogP contribution in [0, 0.1) is 5.92 Å². The fraction of sp³-hybridized carbons (Fsp3) is 0.353. The molecule has 114 valence electrons. The minimum Gasteiger partial charge on any atom is -0.318 e. The van der Waals surface area contributed by atoms with Crippen LogP contribution in [0.5, 0.6) is 0 Å². The molecule has 0 N–H and O–H groups in total. The molecular formula is C17H18N2S3. The number of thioether (sulfide) groups is 2. The Labute approximate surface area is 143 Å². The molecule has 0 saturated heterocycles. The lowest BCUT2D eigenvalue weighted by Gasteiger charge is -2.19. The third kappa shape index (κ3) is 2.22. The van der Waals surface area contributed by atoms with E-state index >= 15 is 0 Å². The van der Waals surface area contributed by atoms with Gasteiger partial charge >= 0.3 is 0 Å². The molecule has 0 saturated carbocycles. The van der Waals surface area contributed by atoms with Crippen molar-refractivity contribution >= 4 is 55.8 Å². The molecule has 0 unspecified atom stereocenters. The number of rotatable bonds is 3. The van der Waals surface area contributed by atoms with E-state index < -0.39 is 0 Å². The predicted octanol–water partition coefficient (Wildman–Crippen LogP) is 5.37. The van der Waals surface area contributed by atoms with Crippen LogP contribution in [0.3, 0.4) is 0 Å². The summed E-state index contributed by atoms with van der Waals surface area (Å²) >= 11 is 5.54. The van der Waals surface area contributed by atoms with Gasteiger partial charge in [0, 0.05) is 26.6 Å². The van der Waals surface area contributed by atoms with Crippen LogP contribution >= 0.6 is 34.9 Å². The van der Waals surface area contributed by atoms with Gasteiger partial charge in [-0.2, -0.15) is 0 Å². The Morgan fingerprint density at radius 1 is 1.32 bits per heavy atom. The number of allylic oxidation sites excluding steroid dienone is 1. The molecule has 4 rings (SSSR count). The average molecular weight is 347 g/mol. The Morgan fingerprint density at radius 2 is 2.18 bits per heavy atom. The van der Waals surface area contributed by atoms with Crippen LogP contribution in [0.25, 0.3) is 15.8 Å². The van der Waals surface area contributed by atoms with Gasteiger partial charge in [-0.1, -0.05) is 25.6 Å². The average Bonchev–Trinajstić information content (AvgIpc) is 3.20. The molecule has 0 amide bonds. The second-order valence-electron chi connectivity index (χ2n) is 5.80. The second-order valence-corrected chi connectivity index (χ2v) is 8.60. The molecule has 2 aliphatic heterocycles. The van der Waals surface area contributed by atoms with Gasteiger partial charge in [0.05, 0.1) is 12.2 Å². The standard InChI is InChI=1S/C17H18N2S3/c1-10(2)15-14(19-6-5-18-17(19)22-15)13-9-12(20-3)8-11-4-7-21-16(11)13/h4,7-10H,5-6H2,1-3H3. The van der Waals surface area contributed by atoms with E-state index in [2.05, 4.69) is 53.6 Å². The maximum absolute atomic E-state index is 4.68. The Morgan fingerprint density at radius 3 is 2.95 bits per heavy atom. The summed E-state index contributed by atoms with van der Waals surface area (Å²) in [4.78, 5) is 9.91. The predicted molar refractivity (Wildman–Crippen MR) is 102 cm³/mol. The summed E-state index contributed by atoms with van der Waals surface area (Å²) < 4.78 is 1.40. The summed E-state index contributed by atoms with van der Waals surface area (Å²) in [6.07, 6.45) is 2.15. The Kier molecular flexibility index (Phi) is 3.75.